The molecule has 0 aliphatic heterocycles. The van der Waals surface area contributed by atoms with Crippen molar-refractivity contribution in [1.29, 1.82) is 0 Å². The molecule has 1 heterocycles. The van der Waals surface area contributed by atoms with Gasteiger partial charge in [0.1, 0.15) is 5.75 Å². The van der Waals surface area contributed by atoms with Gasteiger partial charge in [-0.25, -0.2) is 4.79 Å². The minimum atomic E-state index is -1.04. The van der Waals surface area contributed by atoms with Crippen LogP contribution in [0.4, 0.5) is 5.69 Å². The molecule has 0 unspecified atom stereocenters. The summed E-state index contributed by atoms with van der Waals surface area (Å²) in [5.74, 6) is -0.759. The Bertz CT molecular complexity index is 730. The Morgan fingerprint density at radius 3 is 2.83 bits per heavy atom. The van der Waals surface area contributed by atoms with E-state index in [0.717, 1.165) is 17.7 Å². The van der Waals surface area contributed by atoms with Crippen LogP contribution in [0.15, 0.2) is 30.3 Å². The van der Waals surface area contributed by atoms with Gasteiger partial charge in [-0.3, -0.25) is 4.79 Å². The highest BCUT2D eigenvalue weighted by atomic mass is 32.1. The number of carboxylic acids is 1. The van der Waals surface area contributed by atoms with Crippen LogP contribution in [0.1, 0.15) is 39.4 Å². The van der Waals surface area contributed by atoms with Crippen LogP contribution in [0.3, 0.4) is 0 Å². The number of aliphatic carboxylic acids is 1. The van der Waals surface area contributed by atoms with E-state index >= 15 is 0 Å². The number of thiophene rings is 1. The molecule has 1 amide bonds. The van der Waals surface area contributed by atoms with E-state index in [2.05, 4.69) is 5.32 Å². The fourth-order valence-electron chi connectivity index (χ4n) is 2.78. The predicted molar refractivity (Wildman–Crippen MR) is 93.1 cm³/mol. The smallest absolute Gasteiger partial charge is 0.341 e. The Labute approximate surface area is 144 Å². The fraction of sp³-hybridized carbons (Fsp3) is 0.333. The molecule has 0 saturated carbocycles. The first-order valence-corrected chi connectivity index (χ1v) is 8.81. The number of aryl methyl sites for hydroxylation is 2. The van der Waals surface area contributed by atoms with Crippen molar-refractivity contribution < 1.29 is 19.4 Å². The van der Waals surface area contributed by atoms with E-state index in [4.69, 9.17) is 9.84 Å². The van der Waals surface area contributed by atoms with Crippen molar-refractivity contribution >= 4 is 28.9 Å². The van der Waals surface area contributed by atoms with Gasteiger partial charge in [0.05, 0.1) is 4.88 Å². The predicted octanol–water partition coefficient (Wildman–Crippen LogP) is 3.73. The molecule has 24 heavy (non-hydrogen) atoms. The van der Waals surface area contributed by atoms with Crippen LogP contribution < -0.4 is 10.1 Å². The maximum Gasteiger partial charge on any atom is 0.341 e. The molecule has 2 aromatic rings. The van der Waals surface area contributed by atoms with Gasteiger partial charge in [0.25, 0.3) is 5.91 Å². The SMILES string of the molecule is O=C(O)COc1cccc(NC(=O)c2cc3c(s2)CCCCC3)c1. The highest BCUT2D eigenvalue weighted by Crippen LogP contribution is 2.29. The van der Waals surface area contributed by atoms with Crippen LogP contribution in [0.5, 0.6) is 5.75 Å². The van der Waals surface area contributed by atoms with Gasteiger partial charge in [-0.15, -0.1) is 11.3 Å². The van der Waals surface area contributed by atoms with Gasteiger partial charge < -0.3 is 15.2 Å². The summed E-state index contributed by atoms with van der Waals surface area (Å²) in [7, 11) is 0. The number of ether oxygens (including phenoxy) is 1. The second-order valence-electron chi connectivity index (χ2n) is 5.78. The molecule has 0 fully saturated rings. The lowest BCUT2D eigenvalue weighted by Gasteiger charge is -2.07. The first-order valence-electron chi connectivity index (χ1n) is 7.99. The minimum Gasteiger partial charge on any atom is -0.482 e. The number of nitrogens with one attached hydrogen (secondary N) is 1. The minimum absolute atomic E-state index is 0.136. The molecule has 126 valence electrons. The molecular formula is C18H19NO4S. The molecule has 0 radical (unpaired) electrons. The van der Waals surface area contributed by atoms with Gasteiger partial charge in [-0.2, -0.15) is 0 Å². The first kappa shape index (κ1) is 16.5. The monoisotopic (exact) mass is 345 g/mol. The van der Waals surface area contributed by atoms with E-state index in [1.807, 2.05) is 6.07 Å². The maximum atomic E-state index is 12.5. The summed E-state index contributed by atoms with van der Waals surface area (Å²) in [5.41, 5.74) is 1.90. The number of benzene rings is 1. The highest BCUT2D eigenvalue weighted by Gasteiger charge is 2.16. The number of carbonyl (C=O) groups is 2. The number of fused-ring (bicyclic) bond motifs is 1. The molecule has 5 nitrogen and oxygen atoms in total. The van der Waals surface area contributed by atoms with E-state index in [1.165, 1.54) is 29.7 Å². The third-order valence-corrected chi connectivity index (χ3v) is 5.16. The van der Waals surface area contributed by atoms with Gasteiger partial charge in [-0.1, -0.05) is 12.5 Å². The lowest BCUT2D eigenvalue weighted by atomic mass is 10.1. The summed E-state index contributed by atoms with van der Waals surface area (Å²) in [6.45, 7) is -0.408. The van der Waals surface area contributed by atoms with Crippen molar-refractivity contribution in [1.82, 2.24) is 0 Å². The van der Waals surface area contributed by atoms with Crippen molar-refractivity contribution in [3.05, 3.63) is 45.6 Å². The molecule has 0 atom stereocenters. The van der Waals surface area contributed by atoms with E-state index in [1.54, 1.807) is 35.6 Å². The molecule has 0 spiro atoms. The largest absolute Gasteiger partial charge is 0.482 e. The molecular weight excluding hydrogens is 326 g/mol. The molecule has 1 aliphatic rings. The van der Waals surface area contributed by atoms with Gasteiger partial charge in [0, 0.05) is 16.6 Å². The van der Waals surface area contributed by atoms with Crippen LogP contribution >= 0.6 is 11.3 Å². The Morgan fingerprint density at radius 2 is 2.00 bits per heavy atom. The normalized spacial score (nSPS) is 13.7. The molecule has 1 aromatic carbocycles. The van der Waals surface area contributed by atoms with Crippen molar-refractivity contribution in [2.24, 2.45) is 0 Å². The molecule has 1 aliphatic carbocycles. The Hall–Kier alpha value is -2.34. The topological polar surface area (TPSA) is 75.6 Å². The number of hydrogen-bond acceptors (Lipinski definition) is 4. The summed E-state index contributed by atoms with van der Waals surface area (Å²) < 4.78 is 5.13. The highest BCUT2D eigenvalue weighted by molar-refractivity contribution is 7.14. The number of rotatable bonds is 5. The molecule has 6 heteroatoms. The van der Waals surface area contributed by atoms with Gasteiger partial charge in [0.15, 0.2) is 6.61 Å². The van der Waals surface area contributed by atoms with E-state index in [-0.39, 0.29) is 5.91 Å². The fourth-order valence-corrected chi connectivity index (χ4v) is 3.93. The van der Waals surface area contributed by atoms with E-state index < -0.39 is 12.6 Å². The molecule has 0 saturated heterocycles. The zero-order valence-corrected chi connectivity index (χ0v) is 14.0. The van der Waals surface area contributed by atoms with Crippen LogP contribution in [0, 0.1) is 0 Å². The second-order valence-corrected chi connectivity index (χ2v) is 6.92. The zero-order valence-electron chi connectivity index (χ0n) is 13.2. The molecule has 3 rings (SSSR count). The molecule has 0 bridgehead atoms. The zero-order chi connectivity index (χ0) is 16.9. The summed E-state index contributed by atoms with van der Waals surface area (Å²) in [6.07, 6.45) is 5.75. The standard InChI is InChI=1S/C18H19NO4S/c20-17(21)11-23-14-7-4-6-13(10-14)19-18(22)16-9-12-5-2-1-3-8-15(12)24-16/h4,6-7,9-10H,1-3,5,8,11H2,(H,19,22)(H,20,21). The Balaban J connectivity index is 1.68. The van der Waals surface area contributed by atoms with Crippen LogP contribution in [-0.4, -0.2) is 23.6 Å². The summed E-state index contributed by atoms with van der Waals surface area (Å²) in [4.78, 5) is 25.1. The van der Waals surface area contributed by atoms with Gasteiger partial charge in [-0.05, 0) is 49.4 Å². The quantitative estimate of drug-likeness (QED) is 0.810. The summed E-state index contributed by atoms with van der Waals surface area (Å²) in [5, 5.41) is 11.5. The maximum absolute atomic E-state index is 12.5. The van der Waals surface area contributed by atoms with E-state index in [9.17, 15) is 9.59 Å². The third kappa shape index (κ3) is 4.14. The van der Waals surface area contributed by atoms with Gasteiger partial charge >= 0.3 is 5.97 Å². The number of amides is 1. The van der Waals surface area contributed by atoms with E-state index in [0.29, 0.717) is 11.4 Å². The number of anilines is 1. The Morgan fingerprint density at radius 1 is 1.17 bits per heavy atom. The van der Waals surface area contributed by atoms with Crippen molar-refractivity contribution in [3.8, 4) is 5.75 Å². The summed E-state index contributed by atoms with van der Waals surface area (Å²) in [6, 6.07) is 8.76. The molecule has 1 aromatic heterocycles. The third-order valence-electron chi connectivity index (χ3n) is 3.92. The lowest BCUT2D eigenvalue weighted by Crippen LogP contribution is -2.11. The van der Waals surface area contributed by atoms with Crippen molar-refractivity contribution in [3.63, 3.8) is 0 Å². The second kappa shape index (κ2) is 7.49. The van der Waals surface area contributed by atoms with Gasteiger partial charge in [0.2, 0.25) is 0 Å². The van der Waals surface area contributed by atoms with Crippen molar-refractivity contribution in [2.45, 2.75) is 32.1 Å². The number of hydrogen-bond donors (Lipinski definition) is 2. The summed E-state index contributed by atoms with van der Waals surface area (Å²) >= 11 is 1.57. The lowest BCUT2D eigenvalue weighted by molar-refractivity contribution is -0.139. The number of carboxylic acid groups (broad SMARTS) is 1. The van der Waals surface area contributed by atoms with Crippen LogP contribution in [0.25, 0.3) is 0 Å². The first-order chi connectivity index (χ1) is 11.6. The average molecular weight is 345 g/mol. The Kier molecular flexibility index (Phi) is 5.15. The van der Waals surface area contributed by atoms with Crippen LogP contribution in [0.2, 0.25) is 0 Å². The number of carbonyl (C=O) groups excluding carboxylic acids is 1. The van der Waals surface area contributed by atoms with Crippen LogP contribution in [-0.2, 0) is 17.6 Å². The molecule has 2 N–H and O–H groups in total. The van der Waals surface area contributed by atoms with Crippen molar-refractivity contribution in [2.75, 3.05) is 11.9 Å². The average Bonchev–Trinajstić information content (AvgIpc) is 2.84.